The number of carbonyl (C=O) groups is 2. The zero-order chi connectivity index (χ0) is 15.5. The maximum absolute atomic E-state index is 12.9. The molecular formula is C17H30ClN3O2. The molecule has 3 saturated heterocycles. The summed E-state index contributed by atoms with van der Waals surface area (Å²) in [6, 6.07) is 1.09. The fourth-order valence-electron chi connectivity index (χ4n) is 4.18. The second-order valence-corrected chi connectivity index (χ2v) is 7.14. The summed E-state index contributed by atoms with van der Waals surface area (Å²) in [5.74, 6) is 0.520. The van der Waals surface area contributed by atoms with Gasteiger partial charge in [0.05, 0.1) is 5.92 Å². The summed E-state index contributed by atoms with van der Waals surface area (Å²) in [5.41, 5.74) is 0. The molecule has 0 aliphatic carbocycles. The number of amides is 2. The van der Waals surface area contributed by atoms with Crippen LogP contribution in [0, 0.1) is 5.92 Å². The lowest BCUT2D eigenvalue weighted by molar-refractivity contribution is -0.141. The van der Waals surface area contributed by atoms with Crippen molar-refractivity contribution in [3.05, 3.63) is 0 Å². The molecule has 23 heavy (non-hydrogen) atoms. The number of nitrogens with zero attached hydrogens (tertiary/aromatic N) is 2. The van der Waals surface area contributed by atoms with Crippen LogP contribution in [0.2, 0.25) is 0 Å². The summed E-state index contributed by atoms with van der Waals surface area (Å²) in [4.78, 5) is 28.9. The molecule has 3 aliphatic rings. The molecule has 0 spiro atoms. The topological polar surface area (TPSA) is 52.7 Å². The van der Waals surface area contributed by atoms with Gasteiger partial charge in [0, 0.05) is 44.7 Å². The maximum Gasteiger partial charge on any atom is 0.227 e. The first kappa shape index (κ1) is 18.5. The Morgan fingerprint density at radius 2 is 1.78 bits per heavy atom. The molecule has 1 N–H and O–H groups in total. The number of likely N-dealkylation sites (tertiary alicyclic amines) is 2. The van der Waals surface area contributed by atoms with Crippen LogP contribution in [0.3, 0.4) is 0 Å². The van der Waals surface area contributed by atoms with E-state index in [1.165, 1.54) is 12.8 Å². The van der Waals surface area contributed by atoms with Gasteiger partial charge in [0.1, 0.15) is 0 Å². The predicted octanol–water partition coefficient (Wildman–Crippen LogP) is 1.80. The third-order valence-electron chi connectivity index (χ3n) is 5.42. The average Bonchev–Trinajstić information content (AvgIpc) is 2.86. The first-order chi connectivity index (χ1) is 10.7. The van der Waals surface area contributed by atoms with Crippen LogP contribution in [0.1, 0.15) is 51.9 Å². The Bertz CT molecular complexity index is 432. The van der Waals surface area contributed by atoms with Crippen molar-refractivity contribution in [1.29, 1.82) is 0 Å². The molecule has 0 aromatic carbocycles. The molecule has 3 atom stereocenters. The lowest BCUT2D eigenvalue weighted by Crippen LogP contribution is -2.48. The van der Waals surface area contributed by atoms with E-state index in [1.54, 1.807) is 0 Å². The van der Waals surface area contributed by atoms with Gasteiger partial charge >= 0.3 is 0 Å². The molecule has 3 fully saturated rings. The Labute approximate surface area is 145 Å². The van der Waals surface area contributed by atoms with E-state index in [-0.39, 0.29) is 30.1 Å². The minimum Gasteiger partial charge on any atom is -0.342 e. The monoisotopic (exact) mass is 343 g/mol. The summed E-state index contributed by atoms with van der Waals surface area (Å²) in [6.07, 6.45) is 6.92. The molecule has 3 rings (SSSR count). The molecule has 0 saturated carbocycles. The number of hydrogen-bond donors (Lipinski definition) is 1. The van der Waals surface area contributed by atoms with Gasteiger partial charge in [-0.2, -0.15) is 0 Å². The molecule has 3 unspecified atom stereocenters. The molecule has 0 aromatic rings. The van der Waals surface area contributed by atoms with Crippen LogP contribution < -0.4 is 5.32 Å². The van der Waals surface area contributed by atoms with Crippen LogP contribution in [0.15, 0.2) is 0 Å². The number of nitrogens with one attached hydrogen (secondary N) is 1. The van der Waals surface area contributed by atoms with E-state index in [0.29, 0.717) is 25.0 Å². The van der Waals surface area contributed by atoms with Crippen LogP contribution in [-0.4, -0.2) is 59.9 Å². The Balaban J connectivity index is 0.00000192. The molecule has 3 aliphatic heterocycles. The van der Waals surface area contributed by atoms with E-state index >= 15 is 0 Å². The van der Waals surface area contributed by atoms with Crippen molar-refractivity contribution in [3.8, 4) is 0 Å². The number of rotatable bonds is 3. The first-order valence-electron chi connectivity index (χ1n) is 9.00. The van der Waals surface area contributed by atoms with E-state index in [9.17, 15) is 9.59 Å². The normalized spacial score (nSPS) is 30.6. The molecule has 6 heteroatoms. The molecule has 2 amide bonds. The van der Waals surface area contributed by atoms with Crippen molar-refractivity contribution < 1.29 is 9.59 Å². The quantitative estimate of drug-likeness (QED) is 0.850. The van der Waals surface area contributed by atoms with Crippen molar-refractivity contribution in [3.63, 3.8) is 0 Å². The van der Waals surface area contributed by atoms with E-state index in [4.69, 9.17) is 0 Å². The van der Waals surface area contributed by atoms with E-state index in [2.05, 4.69) is 10.2 Å². The highest BCUT2D eigenvalue weighted by Gasteiger charge is 2.35. The molecule has 5 nitrogen and oxygen atoms in total. The maximum atomic E-state index is 12.9. The van der Waals surface area contributed by atoms with Gasteiger partial charge in [0.2, 0.25) is 11.8 Å². The first-order valence-corrected chi connectivity index (χ1v) is 9.00. The van der Waals surface area contributed by atoms with Crippen LogP contribution in [-0.2, 0) is 9.59 Å². The lowest BCUT2D eigenvalue weighted by Gasteiger charge is -2.35. The standard InChI is InChI=1S/C17H29N3O2.ClH/c1-2-4-16(21)19-9-3-5-13(11-19)17(22)20-10-8-14-6-7-15(12-20)18-14;/h13-15,18H,2-12H2,1H3;1H. The van der Waals surface area contributed by atoms with E-state index in [0.717, 1.165) is 45.3 Å². The molecule has 3 heterocycles. The third kappa shape index (κ3) is 4.38. The van der Waals surface area contributed by atoms with Crippen LogP contribution >= 0.6 is 12.4 Å². The summed E-state index contributed by atoms with van der Waals surface area (Å²) in [6.45, 7) is 5.23. The molecule has 132 valence electrons. The van der Waals surface area contributed by atoms with E-state index < -0.39 is 0 Å². The molecule has 0 radical (unpaired) electrons. The van der Waals surface area contributed by atoms with Gasteiger partial charge in [0.15, 0.2) is 0 Å². The highest BCUT2D eigenvalue weighted by atomic mass is 35.5. The predicted molar refractivity (Wildman–Crippen MR) is 92.6 cm³/mol. The fourth-order valence-corrected chi connectivity index (χ4v) is 4.18. The summed E-state index contributed by atoms with van der Waals surface area (Å²) < 4.78 is 0. The highest BCUT2D eigenvalue weighted by molar-refractivity contribution is 5.85. The van der Waals surface area contributed by atoms with Gasteiger partial charge < -0.3 is 15.1 Å². The smallest absolute Gasteiger partial charge is 0.227 e. The van der Waals surface area contributed by atoms with Crippen LogP contribution in [0.4, 0.5) is 0 Å². The van der Waals surface area contributed by atoms with Gasteiger partial charge in [-0.15, -0.1) is 12.4 Å². The SMILES string of the molecule is CCCC(=O)N1CCCC(C(=O)N2CCC3CCC(C2)N3)C1.Cl. The van der Waals surface area contributed by atoms with Gasteiger partial charge in [0.25, 0.3) is 0 Å². The van der Waals surface area contributed by atoms with Crippen molar-refractivity contribution in [2.45, 2.75) is 64.0 Å². The van der Waals surface area contributed by atoms with Crippen molar-refractivity contribution in [2.24, 2.45) is 5.92 Å². The largest absolute Gasteiger partial charge is 0.342 e. The second kappa shape index (κ2) is 8.34. The van der Waals surface area contributed by atoms with Crippen molar-refractivity contribution >= 4 is 24.2 Å². The number of halogens is 1. The Kier molecular flexibility index (Phi) is 6.72. The van der Waals surface area contributed by atoms with Crippen LogP contribution in [0.5, 0.6) is 0 Å². The van der Waals surface area contributed by atoms with Gasteiger partial charge in [-0.05, 0) is 38.5 Å². The zero-order valence-corrected chi connectivity index (χ0v) is 14.9. The Morgan fingerprint density at radius 1 is 1.00 bits per heavy atom. The highest BCUT2D eigenvalue weighted by Crippen LogP contribution is 2.24. The second-order valence-electron chi connectivity index (χ2n) is 7.14. The van der Waals surface area contributed by atoms with Crippen molar-refractivity contribution in [2.75, 3.05) is 26.2 Å². The van der Waals surface area contributed by atoms with Gasteiger partial charge in [-0.3, -0.25) is 9.59 Å². The van der Waals surface area contributed by atoms with E-state index in [1.807, 2.05) is 11.8 Å². The Hall–Kier alpha value is -0.810. The average molecular weight is 344 g/mol. The number of carbonyl (C=O) groups excluding carboxylic acids is 2. The number of piperidine rings is 1. The zero-order valence-electron chi connectivity index (χ0n) is 14.1. The summed E-state index contributed by atoms with van der Waals surface area (Å²) in [5, 5.41) is 3.63. The van der Waals surface area contributed by atoms with Gasteiger partial charge in [-0.25, -0.2) is 0 Å². The third-order valence-corrected chi connectivity index (χ3v) is 5.42. The number of fused-ring (bicyclic) bond motifs is 2. The van der Waals surface area contributed by atoms with Gasteiger partial charge in [-0.1, -0.05) is 6.92 Å². The lowest BCUT2D eigenvalue weighted by atomic mass is 9.95. The summed E-state index contributed by atoms with van der Waals surface area (Å²) >= 11 is 0. The minimum atomic E-state index is 0. The number of hydrogen-bond acceptors (Lipinski definition) is 3. The molecule has 2 bridgehead atoms. The Morgan fingerprint density at radius 3 is 2.57 bits per heavy atom. The minimum absolute atomic E-state index is 0. The van der Waals surface area contributed by atoms with Crippen LogP contribution in [0.25, 0.3) is 0 Å². The fraction of sp³-hybridized carbons (Fsp3) is 0.882. The molecular weight excluding hydrogens is 314 g/mol. The van der Waals surface area contributed by atoms with Crippen molar-refractivity contribution in [1.82, 2.24) is 15.1 Å². The molecule has 0 aromatic heterocycles. The summed E-state index contributed by atoms with van der Waals surface area (Å²) in [7, 11) is 0.